The average Bonchev–Trinajstić information content (AvgIpc) is 3.13. The fraction of sp³-hybridized carbons (Fsp3) is 0.158. The molecule has 0 bridgehead atoms. The third-order valence-corrected chi connectivity index (χ3v) is 3.69. The molecule has 0 spiro atoms. The van der Waals surface area contributed by atoms with Gasteiger partial charge in [0.2, 0.25) is 0 Å². The van der Waals surface area contributed by atoms with Crippen molar-refractivity contribution in [3.8, 4) is 11.1 Å². The number of rotatable bonds is 6. The molecule has 23 heavy (non-hydrogen) atoms. The Kier molecular flexibility index (Phi) is 4.84. The van der Waals surface area contributed by atoms with E-state index in [1.165, 1.54) is 0 Å². The Hall–Kier alpha value is -2.88. The van der Waals surface area contributed by atoms with E-state index in [4.69, 9.17) is 0 Å². The van der Waals surface area contributed by atoms with Gasteiger partial charge in [0.15, 0.2) is 0 Å². The Morgan fingerprint density at radius 3 is 2.61 bits per heavy atom. The van der Waals surface area contributed by atoms with Gasteiger partial charge < -0.3 is 10.3 Å². The molecule has 0 unspecified atom stereocenters. The number of hydrogen-bond acceptors (Lipinski definition) is 2. The molecule has 4 nitrogen and oxygen atoms in total. The highest BCUT2D eigenvalue weighted by molar-refractivity contribution is 6.00. The van der Waals surface area contributed by atoms with Gasteiger partial charge in [-0.1, -0.05) is 48.5 Å². The lowest BCUT2D eigenvalue weighted by Crippen LogP contribution is -2.25. The molecule has 1 heterocycles. The van der Waals surface area contributed by atoms with E-state index in [-0.39, 0.29) is 5.91 Å². The van der Waals surface area contributed by atoms with E-state index in [9.17, 15) is 4.79 Å². The summed E-state index contributed by atoms with van der Waals surface area (Å²) >= 11 is 0. The van der Waals surface area contributed by atoms with E-state index in [1.54, 1.807) is 6.20 Å². The zero-order chi connectivity index (χ0) is 15.9. The van der Waals surface area contributed by atoms with Crippen LogP contribution < -0.4 is 5.32 Å². The molecule has 0 aliphatic heterocycles. The van der Waals surface area contributed by atoms with E-state index in [2.05, 4.69) is 15.3 Å². The SMILES string of the molecule is O=C(NCCCc1ncc[nH]1)c1ccccc1-c1ccccc1. The molecule has 0 atom stereocenters. The van der Waals surface area contributed by atoms with Crippen molar-refractivity contribution in [1.82, 2.24) is 15.3 Å². The first-order chi connectivity index (χ1) is 11.3. The Balaban J connectivity index is 1.63. The topological polar surface area (TPSA) is 57.8 Å². The van der Waals surface area contributed by atoms with Crippen LogP contribution in [0.4, 0.5) is 0 Å². The van der Waals surface area contributed by atoms with Gasteiger partial charge in [-0.05, 0) is 23.6 Å². The number of hydrogen-bond donors (Lipinski definition) is 2. The van der Waals surface area contributed by atoms with E-state index >= 15 is 0 Å². The van der Waals surface area contributed by atoms with Gasteiger partial charge in [0.25, 0.3) is 5.91 Å². The number of amides is 1. The molecule has 116 valence electrons. The molecule has 4 heteroatoms. The first kappa shape index (κ1) is 15.0. The van der Waals surface area contributed by atoms with Gasteiger partial charge in [0.05, 0.1) is 0 Å². The number of aryl methyl sites for hydroxylation is 1. The van der Waals surface area contributed by atoms with Gasteiger partial charge in [-0.25, -0.2) is 4.98 Å². The zero-order valence-corrected chi connectivity index (χ0v) is 12.8. The molecule has 0 radical (unpaired) electrons. The Bertz CT molecular complexity index is 751. The van der Waals surface area contributed by atoms with Crippen molar-refractivity contribution >= 4 is 5.91 Å². The van der Waals surface area contributed by atoms with Gasteiger partial charge in [-0.2, -0.15) is 0 Å². The second-order valence-corrected chi connectivity index (χ2v) is 5.31. The lowest BCUT2D eigenvalue weighted by molar-refractivity contribution is 0.0954. The number of carbonyl (C=O) groups is 1. The summed E-state index contributed by atoms with van der Waals surface area (Å²) < 4.78 is 0. The van der Waals surface area contributed by atoms with Gasteiger partial charge in [-0.3, -0.25) is 4.79 Å². The van der Waals surface area contributed by atoms with Crippen LogP contribution in [-0.4, -0.2) is 22.4 Å². The van der Waals surface area contributed by atoms with E-state index in [0.29, 0.717) is 12.1 Å². The maximum absolute atomic E-state index is 12.5. The van der Waals surface area contributed by atoms with Crippen molar-refractivity contribution < 1.29 is 4.79 Å². The lowest BCUT2D eigenvalue weighted by atomic mass is 9.99. The third-order valence-electron chi connectivity index (χ3n) is 3.69. The average molecular weight is 305 g/mol. The summed E-state index contributed by atoms with van der Waals surface area (Å²) in [4.78, 5) is 19.7. The smallest absolute Gasteiger partial charge is 0.251 e. The Labute approximate surface area is 135 Å². The van der Waals surface area contributed by atoms with Crippen molar-refractivity contribution in [2.45, 2.75) is 12.8 Å². The maximum atomic E-state index is 12.5. The first-order valence-electron chi connectivity index (χ1n) is 7.75. The minimum atomic E-state index is -0.0381. The largest absolute Gasteiger partial charge is 0.352 e. The summed E-state index contributed by atoms with van der Waals surface area (Å²) in [6, 6.07) is 17.7. The minimum absolute atomic E-state index is 0.0381. The Morgan fingerprint density at radius 2 is 1.83 bits per heavy atom. The molecule has 0 fully saturated rings. The summed E-state index contributed by atoms with van der Waals surface area (Å²) in [7, 11) is 0. The number of benzene rings is 2. The molecule has 1 amide bonds. The number of aromatic nitrogens is 2. The molecule has 1 aromatic heterocycles. The standard InChI is InChI=1S/C19H19N3O/c23-19(22-12-6-11-18-20-13-14-21-18)17-10-5-4-9-16(17)15-7-2-1-3-8-15/h1-5,7-10,13-14H,6,11-12H2,(H,20,21)(H,22,23). The third kappa shape index (κ3) is 3.86. The summed E-state index contributed by atoms with van der Waals surface area (Å²) in [5, 5.41) is 2.99. The fourth-order valence-electron chi connectivity index (χ4n) is 2.54. The lowest BCUT2D eigenvalue weighted by Gasteiger charge is -2.10. The summed E-state index contributed by atoms with van der Waals surface area (Å²) in [5.41, 5.74) is 2.71. The normalized spacial score (nSPS) is 10.4. The van der Waals surface area contributed by atoms with Crippen LogP contribution in [0.2, 0.25) is 0 Å². The molecule has 3 aromatic rings. The van der Waals surface area contributed by atoms with Crippen LogP contribution in [-0.2, 0) is 6.42 Å². The van der Waals surface area contributed by atoms with Crippen LogP contribution >= 0.6 is 0 Å². The highest BCUT2D eigenvalue weighted by atomic mass is 16.1. The van der Waals surface area contributed by atoms with Crippen LogP contribution in [0, 0.1) is 0 Å². The molecule has 2 N–H and O–H groups in total. The molecule has 0 aliphatic carbocycles. The molecule has 0 saturated heterocycles. The van der Waals surface area contributed by atoms with Gasteiger partial charge in [0, 0.05) is 30.9 Å². The predicted octanol–water partition coefficient (Wildman–Crippen LogP) is 3.44. The summed E-state index contributed by atoms with van der Waals surface area (Å²) in [6.45, 7) is 0.628. The molecule has 0 aliphatic rings. The van der Waals surface area contributed by atoms with E-state index in [0.717, 1.165) is 29.8 Å². The summed E-state index contributed by atoms with van der Waals surface area (Å²) in [5.74, 6) is 0.910. The van der Waals surface area contributed by atoms with Crippen LogP contribution in [0.3, 0.4) is 0 Å². The van der Waals surface area contributed by atoms with Gasteiger partial charge >= 0.3 is 0 Å². The number of imidazole rings is 1. The first-order valence-corrected chi connectivity index (χ1v) is 7.75. The van der Waals surface area contributed by atoms with Crippen molar-refractivity contribution in [2.75, 3.05) is 6.54 Å². The molecule has 2 aromatic carbocycles. The van der Waals surface area contributed by atoms with Crippen LogP contribution in [0.25, 0.3) is 11.1 Å². The number of nitrogens with one attached hydrogen (secondary N) is 2. The van der Waals surface area contributed by atoms with Crippen molar-refractivity contribution in [2.24, 2.45) is 0 Å². The highest BCUT2D eigenvalue weighted by Crippen LogP contribution is 2.23. The maximum Gasteiger partial charge on any atom is 0.251 e. The fourth-order valence-corrected chi connectivity index (χ4v) is 2.54. The van der Waals surface area contributed by atoms with E-state index in [1.807, 2.05) is 60.8 Å². The van der Waals surface area contributed by atoms with Crippen molar-refractivity contribution in [3.05, 3.63) is 78.4 Å². The number of aromatic amines is 1. The number of carbonyl (C=O) groups excluding carboxylic acids is 1. The Morgan fingerprint density at radius 1 is 1.04 bits per heavy atom. The summed E-state index contributed by atoms with van der Waals surface area (Å²) in [6.07, 6.45) is 5.23. The quantitative estimate of drug-likeness (QED) is 0.685. The number of nitrogens with zero attached hydrogens (tertiary/aromatic N) is 1. The second kappa shape index (κ2) is 7.40. The predicted molar refractivity (Wildman–Crippen MR) is 91.1 cm³/mol. The molecular formula is C19H19N3O. The van der Waals surface area contributed by atoms with Crippen molar-refractivity contribution in [3.63, 3.8) is 0 Å². The van der Waals surface area contributed by atoms with Gasteiger partial charge in [-0.15, -0.1) is 0 Å². The van der Waals surface area contributed by atoms with Gasteiger partial charge in [0.1, 0.15) is 5.82 Å². The van der Waals surface area contributed by atoms with Crippen LogP contribution in [0.1, 0.15) is 22.6 Å². The second-order valence-electron chi connectivity index (χ2n) is 5.31. The molecular weight excluding hydrogens is 286 g/mol. The highest BCUT2D eigenvalue weighted by Gasteiger charge is 2.11. The van der Waals surface area contributed by atoms with Crippen LogP contribution in [0.5, 0.6) is 0 Å². The van der Waals surface area contributed by atoms with Crippen LogP contribution in [0.15, 0.2) is 67.0 Å². The molecule has 0 saturated carbocycles. The van der Waals surface area contributed by atoms with E-state index < -0.39 is 0 Å². The van der Waals surface area contributed by atoms with Crippen molar-refractivity contribution in [1.29, 1.82) is 0 Å². The number of H-pyrrole nitrogens is 1. The molecule has 3 rings (SSSR count). The zero-order valence-electron chi connectivity index (χ0n) is 12.8. The monoisotopic (exact) mass is 305 g/mol. The minimum Gasteiger partial charge on any atom is -0.352 e.